The molecular weight excluding hydrogens is 454 g/mol. The van der Waals surface area contributed by atoms with Gasteiger partial charge in [-0.15, -0.1) is 0 Å². The molecule has 0 aliphatic heterocycles. The molecule has 1 aliphatic rings. The van der Waals surface area contributed by atoms with Gasteiger partial charge < -0.3 is 20.1 Å². The zero-order valence-corrected chi connectivity index (χ0v) is 21.2. The van der Waals surface area contributed by atoms with Crippen molar-refractivity contribution >= 4 is 29.0 Å². The summed E-state index contributed by atoms with van der Waals surface area (Å²) in [6.45, 7) is 7.61. The Morgan fingerprint density at radius 1 is 1.19 bits per heavy atom. The molecule has 0 radical (unpaired) electrons. The summed E-state index contributed by atoms with van der Waals surface area (Å²) >= 11 is 0. The molecule has 1 atom stereocenters. The molecule has 1 unspecified atom stereocenters. The quantitative estimate of drug-likeness (QED) is 0.354. The van der Waals surface area contributed by atoms with Crippen molar-refractivity contribution in [2.75, 3.05) is 19.6 Å². The van der Waals surface area contributed by atoms with Crippen molar-refractivity contribution in [1.82, 2.24) is 15.2 Å². The number of aliphatic carboxylic acids is 1. The van der Waals surface area contributed by atoms with Crippen LogP contribution in [0.2, 0.25) is 0 Å². The number of amides is 1. The van der Waals surface area contributed by atoms with Gasteiger partial charge >= 0.3 is 12.1 Å². The fourth-order valence-electron chi connectivity index (χ4n) is 4.91. The molecule has 1 heterocycles. The molecule has 1 aromatic heterocycles. The van der Waals surface area contributed by atoms with Crippen LogP contribution in [-0.2, 0) is 22.4 Å². The van der Waals surface area contributed by atoms with Crippen LogP contribution in [0.15, 0.2) is 54.7 Å². The van der Waals surface area contributed by atoms with Crippen LogP contribution in [0, 0.1) is 0 Å². The maximum absolute atomic E-state index is 12.2. The lowest BCUT2D eigenvalue weighted by atomic mass is 10.0. The average Bonchev–Trinajstić information content (AvgIpc) is 3.42. The predicted molar refractivity (Wildman–Crippen MR) is 142 cm³/mol. The number of para-hydroxylation sites is 1. The predicted octanol–water partition coefficient (Wildman–Crippen LogP) is 5.32. The number of rotatable bonds is 9. The van der Waals surface area contributed by atoms with E-state index in [2.05, 4.69) is 51.7 Å². The number of aromatic amines is 1. The number of benzene rings is 2. The first-order valence-electron chi connectivity index (χ1n) is 12.5. The van der Waals surface area contributed by atoms with Gasteiger partial charge in [-0.25, -0.2) is 9.59 Å². The molecule has 36 heavy (non-hydrogen) atoms. The van der Waals surface area contributed by atoms with Gasteiger partial charge in [0.15, 0.2) is 0 Å². The summed E-state index contributed by atoms with van der Waals surface area (Å²) < 4.78 is 5.40. The Morgan fingerprint density at radius 3 is 2.78 bits per heavy atom. The number of hydrogen-bond donors (Lipinski definition) is 3. The minimum absolute atomic E-state index is 0.239. The van der Waals surface area contributed by atoms with Crippen molar-refractivity contribution in [2.45, 2.75) is 51.7 Å². The number of alkyl carbamates (subject to hydrolysis) is 1. The van der Waals surface area contributed by atoms with Crippen LogP contribution < -0.4 is 5.32 Å². The Kier molecular flexibility index (Phi) is 7.79. The van der Waals surface area contributed by atoms with Gasteiger partial charge in [0.1, 0.15) is 5.60 Å². The van der Waals surface area contributed by atoms with Crippen LogP contribution in [0.4, 0.5) is 4.79 Å². The van der Waals surface area contributed by atoms with Gasteiger partial charge in [0, 0.05) is 48.9 Å². The maximum atomic E-state index is 12.2. The molecule has 1 aliphatic carbocycles. The van der Waals surface area contributed by atoms with Crippen molar-refractivity contribution in [3.8, 4) is 0 Å². The lowest BCUT2D eigenvalue weighted by molar-refractivity contribution is -0.131. The van der Waals surface area contributed by atoms with Gasteiger partial charge in [0.2, 0.25) is 0 Å². The number of aryl methyl sites for hydroxylation is 1. The SMILES string of the molecule is CC(C)(C)OC(=O)NCCN(CCc1c[nH]c2ccccc12)C1CCc2cc(C=CC(=O)O)ccc21. The molecule has 7 heteroatoms. The molecule has 7 nitrogen and oxygen atoms in total. The van der Waals surface area contributed by atoms with Gasteiger partial charge in [-0.2, -0.15) is 0 Å². The number of fused-ring (bicyclic) bond motifs is 2. The molecule has 190 valence electrons. The molecule has 0 saturated heterocycles. The van der Waals surface area contributed by atoms with E-state index in [4.69, 9.17) is 9.84 Å². The van der Waals surface area contributed by atoms with Gasteiger partial charge in [-0.3, -0.25) is 4.90 Å². The van der Waals surface area contributed by atoms with Gasteiger partial charge in [-0.05, 0) is 74.4 Å². The van der Waals surface area contributed by atoms with E-state index in [1.165, 1.54) is 28.2 Å². The lowest BCUT2D eigenvalue weighted by Gasteiger charge is -2.30. The minimum Gasteiger partial charge on any atom is -0.478 e. The van der Waals surface area contributed by atoms with E-state index in [-0.39, 0.29) is 6.04 Å². The molecule has 0 fully saturated rings. The third-order valence-corrected chi connectivity index (χ3v) is 6.48. The van der Waals surface area contributed by atoms with Gasteiger partial charge in [0.05, 0.1) is 0 Å². The Balaban J connectivity index is 1.49. The van der Waals surface area contributed by atoms with Crippen LogP contribution in [0.5, 0.6) is 0 Å². The molecule has 0 bridgehead atoms. The van der Waals surface area contributed by atoms with Crippen molar-refractivity contribution in [3.63, 3.8) is 0 Å². The molecule has 0 saturated carbocycles. The fraction of sp³-hybridized carbons (Fsp3) is 0.379. The van der Waals surface area contributed by atoms with Crippen LogP contribution in [0.25, 0.3) is 17.0 Å². The molecule has 2 aromatic carbocycles. The number of nitrogens with zero attached hydrogens (tertiary/aromatic N) is 1. The second-order valence-electron chi connectivity index (χ2n) is 10.3. The zero-order valence-electron chi connectivity index (χ0n) is 21.2. The number of carbonyl (C=O) groups is 2. The topological polar surface area (TPSA) is 94.7 Å². The largest absolute Gasteiger partial charge is 0.478 e. The van der Waals surface area contributed by atoms with E-state index >= 15 is 0 Å². The lowest BCUT2D eigenvalue weighted by Crippen LogP contribution is -2.39. The number of aromatic nitrogens is 1. The second-order valence-corrected chi connectivity index (χ2v) is 10.3. The molecule has 0 spiro atoms. The zero-order chi connectivity index (χ0) is 25.7. The summed E-state index contributed by atoms with van der Waals surface area (Å²) in [5.41, 5.74) is 5.31. The highest BCUT2D eigenvalue weighted by atomic mass is 16.6. The summed E-state index contributed by atoms with van der Waals surface area (Å²) in [6, 6.07) is 14.8. The minimum atomic E-state index is -0.950. The van der Waals surface area contributed by atoms with Crippen molar-refractivity contribution in [2.24, 2.45) is 0 Å². The third-order valence-electron chi connectivity index (χ3n) is 6.48. The Bertz CT molecular complexity index is 1250. The van der Waals surface area contributed by atoms with Crippen LogP contribution in [0.3, 0.4) is 0 Å². The summed E-state index contributed by atoms with van der Waals surface area (Å²) in [4.78, 5) is 28.9. The van der Waals surface area contributed by atoms with Crippen LogP contribution in [-0.4, -0.2) is 52.3 Å². The summed E-state index contributed by atoms with van der Waals surface area (Å²) in [6.07, 6.45) is 7.31. The summed E-state index contributed by atoms with van der Waals surface area (Å²) in [7, 11) is 0. The first-order chi connectivity index (χ1) is 17.2. The highest BCUT2D eigenvalue weighted by Crippen LogP contribution is 2.36. The molecule has 3 N–H and O–H groups in total. The summed E-state index contributed by atoms with van der Waals surface area (Å²) in [5, 5.41) is 13.1. The number of carboxylic acid groups (broad SMARTS) is 1. The number of carbonyl (C=O) groups excluding carboxylic acids is 1. The fourth-order valence-corrected chi connectivity index (χ4v) is 4.91. The van der Waals surface area contributed by atoms with Crippen LogP contribution in [0.1, 0.15) is 55.5 Å². The van der Waals surface area contributed by atoms with E-state index < -0.39 is 17.7 Å². The van der Waals surface area contributed by atoms with E-state index in [0.29, 0.717) is 13.1 Å². The normalized spacial score (nSPS) is 15.5. The number of hydrogen-bond acceptors (Lipinski definition) is 4. The van der Waals surface area contributed by atoms with Crippen molar-refractivity contribution < 1.29 is 19.4 Å². The Labute approximate surface area is 212 Å². The highest BCUT2D eigenvalue weighted by molar-refractivity contribution is 5.85. The first-order valence-corrected chi connectivity index (χ1v) is 12.5. The second kappa shape index (κ2) is 11.0. The maximum Gasteiger partial charge on any atom is 0.407 e. The van der Waals surface area contributed by atoms with Crippen LogP contribution >= 0.6 is 0 Å². The molecule has 4 rings (SSSR count). The van der Waals surface area contributed by atoms with Crippen molar-refractivity contribution in [1.29, 1.82) is 0 Å². The number of nitrogens with one attached hydrogen (secondary N) is 2. The van der Waals surface area contributed by atoms with E-state index in [1.54, 1.807) is 6.08 Å². The molecular formula is C29H35N3O4. The highest BCUT2D eigenvalue weighted by Gasteiger charge is 2.28. The number of carboxylic acids is 1. The van der Waals surface area contributed by atoms with Gasteiger partial charge in [0.25, 0.3) is 0 Å². The average molecular weight is 490 g/mol. The first kappa shape index (κ1) is 25.5. The molecule has 3 aromatic rings. The Morgan fingerprint density at radius 2 is 2.00 bits per heavy atom. The third kappa shape index (κ3) is 6.55. The monoisotopic (exact) mass is 489 g/mol. The standard InChI is InChI=1S/C29H35N3O4/c1-29(2,3)36-28(35)30-15-17-32(16-14-22-19-31-25-7-5-4-6-23(22)25)26-12-10-21-18-20(8-11-24(21)26)9-13-27(33)34/h4-9,11,13,18-19,26,31H,10,12,14-17H2,1-3H3,(H,30,35)(H,33,34). The molecule has 1 amide bonds. The van der Waals surface area contributed by atoms with E-state index in [0.717, 1.165) is 36.9 Å². The van der Waals surface area contributed by atoms with E-state index in [1.807, 2.05) is 32.9 Å². The number of ether oxygens (including phenoxy) is 1. The smallest absolute Gasteiger partial charge is 0.407 e. The Hall–Kier alpha value is -3.58. The van der Waals surface area contributed by atoms with E-state index in [9.17, 15) is 9.59 Å². The summed E-state index contributed by atoms with van der Waals surface area (Å²) in [5.74, 6) is -0.950. The van der Waals surface area contributed by atoms with Crippen molar-refractivity contribution in [3.05, 3.63) is 77.0 Å². The number of H-pyrrole nitrogens is 1. The van der Waals surface area contributed by atoms with Gasteiger partial charge in [-0.1, -0.05) is 36.4 Å².